The zero-order valence-corrected chi connectivity index (χ0v) is 18.5. The van der Waals surface area contributed by atoms with Gasteiger partial charge in [0.15, 0.2) is 18.5 Å². The monoisotopic (exact) mass is 468 g/mol. The third-order valence-corrected chi connectivity index (χ3v) is 7.26. The van der Waals surface area contributed by atoms with Gasteiger partial charge < -0.3 is 9.42 Å². The number of halogens is 2. The fourth-order valence-electron chi connectivity index (χ4n) is 1.30. The van der Waals surface area contributed by atoms with Gasteiger partial charge in [0.2, 0.25) is 0 Å². The fourth-order valence-corrected chi connectivity index (χ4v) is 6.05. The Hall–Kier alpha value is 0.520. The second kappa shape index (κ2) is 8.75. The molecule has 0 bridgehead atoms. The van der Waals surface area contributed by atoms with Crippen LogP contribution >= 0.6 is 46.5 Å². The van der Waals surface area contributed by atoms with Gasteiger partial charge in [-0.25, -0.2) is 18.1 Å². The number of hydrogen-bond donors (Lipinski definition) is 1. The third kappa shape index (κ3) is 6.39. The molecule has 2 aromatic heterocycles. The Morgan fingerprint density at radius 1 is 1.43 bits per heavy atom. The Balaban J connectivity index is 0.00000264. The first-order valence-corrected chi connectivity index (χ1v) is 10.7. The molecule has 13 heteroatoms. The van der Waals surface area contributed by atoms with Gasteiger partial charge in [0.05, 0.1) is 10.1 Å². The molecule has 2 aromatic rings. The molecule has 1 atom stereocenters. The van der Waals surface area contributed by atoms with Crippen molar-refractivity contribution in [3.63, 3.8) is 0 Å². The van der Waals surface area contributed by atoms with E-state index in [1.165, 1.54) is 24.4 Å². The van der Waals surface area contributed by atoms with Crippen molar-refractivity contribution in [2.75, 3.05) is 6.29 Å². The van der Waals surface area contributed by atoms with Crippen molar-refractivity contribution in [1.82, 2.24) is 9.71 Å². The number of aromatic nitrogens is 1. The maximum absolute atomic E-state index is 11.9. The van der Waals surface area contributed by atoms with Gasteiger partial charge in [-0.3, -0.25) is 4.57 Å². The largest absolute Gasteiger partial charge is 1.00 e. The smallest absolute Gasteiger partial charge is 0.768 e. The topological polar surface area (TPSA) is 108 Å². The van der Waals surface area contributed by atoms with Gasteiger partial charge in [0, 0.05) is 6.20 Å². The third-order valence-electron chi connectivity index (χ3n) is 2.22. The zero-order chi connectivity index (χ0) is 16.4. The van der Waals surface area contributed by atoms with Gasteiger partial charge in [0.1, 0.15) is 4.21 Å². The summed E-state index contributed by atoms with van der Waals surface area (Å²) in [5.74, 6) is -0.166. The summed E-state index contributed by atoms with van der Waals surface area (Å²) in [6.07, 6.45) is 0.457. The van der Waals surface area contributed by atoms with Crippen LogP contribution in [0, 0.1) is 0 Å². The van der Waals surface area contributed by atoms with Crippen molar-refractivity contribution in [2.24, 2.45) is 0 Å². The van der Waals surface area contributed by atoms with E-state index in [-0.39, 0.29) is 44.7 Å². The predicted molar refractivity (Wildman–Crippen MR) is 84.7 cm³/mol. The summed E-state index contributed by atoms with van der Waals surface area (Å²) in [5.41, 5.74) is 0. The molecular weight excluding hydrogens is 462 g/mol. The maximum Gasteiger partial charge on any atom is 1.00 e. The van der Waals surface area contributed by atoms with E-state index in [1.807, 2.05) is 4.72 Å². The van der Waals surface area contributed by atoms with Gasteiger partial charge in [-0.2, -0.15) is 0 Å². The van der Waals surface area contributed by atoms with Crippen LogP contribution in [0.15, 0.2) is 38.5 Å². The minimum absolute atomic E-state index is 0. The van der Waals surface area contributed by atoms with Gasteiger partial charge in [0.25, 0.3) is 10.0 Å². The van der Waals surface area contributed by atoms with Crippen LogP contribution in [0.3, 0.4) is 0 Å². The van der Waals surface area contributed by atoms with E-state index in [0.717, 1.165) is 11.3 Å². The molecule has 0 aromatic carbocycles. The first-order chi connectivity index (χ1) is 10.2. The van der Waals surface area contributed by atoms with Gasteiger partial charge in [-0.05, 0) is 40.2 Å². The van der Waals surface area contributed by atoms with E-state index < -0.39 is 23.9 Å². The summed E-state index contributed by atoms with van der Waals surface area (Å²) in [5, 5.41) is -0.136. The Bertz CT molecular complexity index is 834. The van der Waals surface area contributed by atoms with Crippen molar-refractivity contribution >= 4 is 56.5 Å². The summed E-state index contributed by atoms with van der Waals surface area (Å²) in [4.78, 5) is 15.5. The molecule has 0 aliphatic heterocycles. The molecule has 0 spiro atoms. The van der Waals surface area contributed by atoms with Crippen LogP contribution in [0.5, 0.6) is 5.75 Å². The molecule has 0 amide bonds. The van der Waals surface area contributed by atoms with Crippen LogP contribution in [-0.2, 0) is 14.6 Å². The molecule has 2 rings (SSSR count). The van der Waals surface area contributed by atoms with Crippen molar-refractivity contribution in [3.8, 4) is 5.75 Å². The molecule has 23 heavy (non-hydrogen) atoms. The fraction of sp³-hybridized carbons (Fsp3) is 0.100. The van der Waals surface area contributed by atoms with Crippen molar-refractivity contribution in [3.05, 3.63) is 39.4 Å². The number of thiophene rings is 1. The molecule has 0 radical (unpaired) electrons. The molecule has 120 valence electrons. The van der Waals surface area contributed by atoms with Crippen LogP contribution in [0.4, 0.5) is 0 Å². The summed E-state index contributed by atoms with van der Waals surface area (Å²) in [6, 6.07) is 5.65. The number of nitrogens with one attached hydrogen (secondary N) is 1. The number of pyridine rings is 1. The number of nitrogens with zero attached hydrogens (tertiary/aromatic N) is 1. The van der Waals surface area contributed by atoms with E-state index in [4.69, 9.17) is 16.1 Å². The van der Waals surface area contributed by atoms with Gasteiger partial charge in [-0.1, -0.05) is 11.6 Å². The SMILES string of the molecule is O=P([O-])(CNS(=O)(=O)c1ccc(Br)s1)Oc1cccnc1Cl.[Na+]. The van der Waals surface area contributed by atoms with E-state index >= 15 is 0 Å². The van der Waals surface area contributed by atoms with Crippen LogP contribution in [0.1, 0.15) is 0 Å². The summed E-state index contributed by atoms with van der Waals surface area (Å²) >= 11 is 9.77. The number of hydrogen-bond acceptors (Lipinski definition) is 7. The van der Waals surface area contributed by atoms with Gasteiger partial charge >= 0.3 is 29.6 Å². The second-order valence-electron chi connectivity index (χ2n) is 3.86. The molecule has 0 saturated carbocycles. The molecule has 1 unspecified atom stereocenters. The Morgan fingerprint density at radius 2 is 2.13 bits per heavy atom. The standard InChI is InChI=1S/C10H9BrClN2O5PS2.Na/c11-8-3-4-9(21-8)22(17,18)14-6-20(15,16)19-7-2-1-5-13-10(7)12;/h1-5,14H,6H2,(H,15,16);/q;+1/p-1. The number of sulfonamides is 1. The maximum atomic E-state index is 11.9. The Morgan fingerprint density at radius 3 is 2.70 bits per heavy atom. The van der Waals surface area contributed by atoms with E-state index in [9.17, 15) is 17.9 Å². The predicted octanol–water partition coefficient (Wildman–Crippen LogP) is -0.569. The van der Waals surface area contributed by atoms with E-state index in [1.54, 1.807) is 6.07 Å². The summed E-state index contributed by atoms with van der Waals surface area (Å²) in [6.45, 7) is 0. The molecule has 1 N–H and O–H groups in total. The molecule has 0 aliphatic carbocycles. The second-order valence-corrected chi connectivity index (χ2v) is 10.4. The molecule has 2 heterocycles. The Kier molecular flexibility index (Phi) is 8.21. The first-order valence-electron chi connectivity index (χ1n) is 5.55. The molecule has 7 nitrogen and oxygen atoms in total. The molecule has 0 aliphatic rings. The minimum atomic E-state index is -4.52. The Labute approximate surface area is 172 Å². The van der Waals surface area contributed by atoms with Gasteiger partial charge in [-0.15, -0.1) is 11.3 Å². The van der Waals surface area contributed by atoms with Crippen LogP contribution in [-0.4, -0.2) is 19.7 Å². The van der Waals surface area contributed by atoms with E-state index in [2.05, 4.69) is 20.9 Å². The first kappa shape index (κ1) is 21.6. The summed E-state index contributed by atoms with van der Waals surface area (Å²) in [7, 11) is -8.46. The normalized spacial score (nSPS) is 13.9. The molecule has 0 fully saturated rings. The van der Waals surface area contributed by atoms with Crippen molar-refractivity contribution in [2.45, 2.75) is 4.21 Å². The van der Waals surface area contributed by atoms with Crippen LogP contribution in [0.25, 0.3) is 0 Å². The quantitative estimate of drug-likeness (QED) is 0.345. The summed E-state index contributed by atoms with van der Waals surface area (Å²) < 4.78 is 43.0. The van der Waals surface area contributed by atoms with Crippen LogP contribution < -0.4 is 43.7 Å². The minimum Gasteiger partial charge on any atom is -0.768 e. The zero-order valence-electron chi connectivity index (χ0n) is 11.6. The van der Waals surface area contributed by atoms with Crippen molar-refractivity contribution < 1.29 is 52.0 Å². The van der Waals surface area contributed by atoms with E-state index in [0.29, 0.717) is 3.79 Å². The number of rotatable bonds is 6. The average Bonchev–Trinajstić information content (AvgIpc) is 2.87. The molecule has 0 saturated heterocycles. The van der Waals surface area contributed by atoms with Crippen LogP contribution in [0.2, 0.25) is 5.15 Å². The average molecular weight is 470 g/mol. The van der Waals surface area contributed by atoms with Crippen molar-refractivity contribution in [1.29, 1.82) is 0 Å². The molecular formula is C10H8BrClN2NaO5PS2.